The first-order valence-electron chi connectivity index (χ1n) is 8.25. The van der Waals surface area contributed by atoms with Crippen LogP contribution < -0.4 is 0 Å². The summed E-state index contributed by atoms with van der Waals surface area (Å²) in [6.45, 7) is 3.55. The topological polar surface area (TPSA) is 38.8 Å². The highest BCUT2D eigenvalue weighted by Crippen LogP contribution is 2.45. The average Bonchev–Trinajstić information content (AvgIpc) is 3.11. The van der Waals surface area contributed by atoms with E-state index in [9.17, 15) is 4.79 Å². The standard InChI is InChI=1S/C16H27NO3/c18-15(12-19-11-14-5-1-4-10-20-14)17-9-8-16(13-17)6-2-3-7-16/h14H,1-13H2/t14-/m1/s1. The molecule has 2 saturated heterocycles. The molecule has 1 atom stereocenters. The van der Waals surface area contributed by atoms with Crippen molar-refractivity contribution >= 4 is 5.91 Å². The van der Waals surface area contributed by atoms with Gasteiger partial charge in [-0.3, -0.25) is 4.79 Å². The molecule has 3 fully saturated rings. The molecule has 114 valence electrons. The van der Waals surface area contributed by atoms with Gasteiger partial charge in [0.05, 0.1) is 12.7 Å². The molecule has 1 aliphatic carbocycles. The van der Waals surface area contributed by atoms with Crippen LogP contribution >= 0.6 is 0 Å². The van der Waals surface area contributed by atoms with Gasteiger partial charge in [-0.2, -0.15) is 0 Å². The summed E-state index contributed by atoms with van der Waals surface area (Å²) in [7, 11) is 0. The summed E-state index contributed by atoms with van der Waals surface area (Å²) in [5.74, 6) is 0.171. The number of hydrogen-bond donors (Lipinski definition) is 0. The fourth-order valence-electron chi connectivity index (χ4n) is 3.99. The van der Waals surface area contributed by atoms with Gasteiger partial charge in [0.25, 0.3) is 0 Å². The fourth-order valence-corrected chi connectivity index (χ4v) is 3.99. The third-order valence-electron chi connectivity index (χ3n) is 5.26. The maximum atomic E-state index is 12.2. The molecule has 0 bridgehead atoms. The van der Waals surface area contributed by atoms with Gasteiger partial charge in [-0.05, 0) is 43.9 Å². The van der Waals surface area contributed by atoms with Crippen LogP contribution in [0.2, 0.25) is 0 Å². The fraction of sp³-hybridized carbons (Fsp3) is 0.938. The highest BCUT2D eigenvalue weighted by Gasteiger charge is 2.41. The van der Waals surface area contributed by atoms with E-state index in [4.69, 9.17) is 9.47 Å². The Morgan fingerprint density at radius 2 is 2.05 bits per heavy atom. The van der Waals surface area contributed by atoms with Gasteiger partial charge in [-0.15, -0.1) is 0 Å². The van der Waals surface area contributed by atoms with E-state index in [-0.39, 0.29) is 18.6 Å². The molecule has 2 heterocycles. The molecule has 4 heteroatoms. The summed E-state index contributed by atoms with van der Waals surface area (Å²) in [6.07, 6.45) is 10.2. The Labute approximate surface area is 121 Å². The smallest absolute Gasteiger partial charge is 0.248 e. The number of ether oxygens (including phenoxy) is 2. The summed E-state index contributed by atoms with van der Waals surface area (Å²) < 4.78 is 11.2. The maximum Gasteiger partial charge on any atom is 0.248 e. The lowest BCUT2D eigenvalue weighted by Gasteiger charge is -2.24. The monoisotopic (exact) mass is 281 g/mol. The SMILES string of the molecule is O=C(COC[C@H]1CCCCO1)N1CCC2(CCCC2)C1. The van der Waals surface area contributed by atoms with Crippen molar-refractivity contribution in [3.05, 3.63) is 0 Å². The zero-order valence-electron chi connectivity index (χ0n) is 12.4. The van der Waals surface area contributed by atoms with Gasteiger partial charge < -0.3 is 14.4 Å². The highest BCUT2D eigenvalue weighted by atomic mass is 16.5. The van der Waals surface area contributed by atoms with Crippen molar-refractivity contribution in [2.45, 2.75) is 57.5 Å². The highest BCUT2D eigenvalue weighted by molar-refractivity contribution is 5.77. The average molecular weight is 281 g/mol. The maximum absolute atomic E-state index is 12.2. The van der Waals surface area contributed by atoms with E-state index in [1.54, 1.807) is 0 Å². The lowest BCUT2D eigenvalue weighted by molar-refractivity contribution is -0.137. The second-order valence-electron chi connectivity index (χ2n) is 6.78. The van der Waals surface area contributed by atoms with E-state index in [2.05, 4.69) is 0 Å². The molecule has 3 aliphatic rings. The first kappa shape index (κ1) is 14.3. The number of carbonyl (C=O) groups excluding carboxylic acids is 1. The van der Waals surface area contributed by atoms with Crippen molar-refractivity contribution in [2.24, 2.45) is 5.41 Å². The molecule has 3 rings (SSSR count). The molecule has 0 radical (unpaired) electrons. The van der Waals surface area contributed by atoms with Crippen LogP contribution in [0.3, 0.4) is 0 Å². The van der Waals surface area contributed by atoms with E-state index in [0.717, 1.165) is 32.5 Å². The Bertz CT molecular complexity index is 333. The Morgan fingerprint density at radius 3 is 2.80 bits per heavy atom. The van der Waals surface area contributed by atoms with Gasteiger partial charge in [0.15, 0.2) is 0 Å². The van der Waals surface area contributed by atoms with Crippen molar-refractivity contribution in [3.63, 3.8) is 0 Å². The van der Waals surface area contributed by atoms with Crippen LogP contribution in [0, 0.1) is 5.41 Å². The van der Waals surface area contributed by atoms with E-state index in [0.29, 0.717) is 12.0 Å². The molecule has 0 unspecified atom stereocenters. The molecule has 0 aromatic heterocycles. The summed E-state index contributed by atoms with van der Waals surface area (Å²) in [4.78, 5) is 14.2. The van der Waals surface area contributed by atoms with Gasteiger partial charge in [0.1, 0.15) is 6.61 Å². The van der Waals surface area contributed by atoms with Crippen LogP contribution in [0.5, 0.6) is 0 Å². The number of hydrogen-bond acceptors (Lipinski definition) is 3. The molecular weight excluding hydrogens is 254 g/mol. The van der Waals surface area contributed by atoms with Crippen molar-refractivity contribution in [2.75, 3.05) is 32.9 Å². The lowest BCUT2D eigenvalue weighted by Crippen LogP contribution is -2.35. The van der Waals surface area contributed by atoms with Crippen molar-refractivity contribution < 1.29 is 14.3 Å². The minimum atomic E-state index is 0.171. The van der Waals surface area contributed by atoms with Crippen LogP contribution in [0.4, 0.5) is 0 Å². The van der Waals surface area contributed by atoms with Crippen LogP contribution in [0.15, 0.2) is 0 Å². The van der Waals surface area contributed by atoms with Crippen molar-refractivity contribution in [3.8, 4) is 0 Å². The molecule has 2 aliphatic heterocycles. The van der Waals surface area contributed by atoms with Gasteiger partial charge in [0, 0.05) is 19.7 Å². The Balaban J connectivity index is 1.37. The zero-order chi connectivity index (χ0) is 13.8. The molecule has 1 saturated carbocycles. The Kier molecular flexibility index (Phi) is 4.61. The summed E-state index contributed by atoms with van der Waals surface area (Å²) in [5, 5.41) is 0. The van der Waals surface area contributed by atoms with Crippen LogP contribution in [-0.2, 0) is 14.3 Å². The molecule has 0 aromatic carbocycles. The molecule has 0 N–H and O–H groups in total. The first-order valence-corrected chi connectivity index (χ1v) is 8.25. The molecule has 4 nitrogen and oxygen atoms in total. The predicted octanol–water partition coefficient (Wildman–Crippen LogP) is 2.36. The second-order valence-corrected chi connectivity index (χ2v) is 6.78. The molecular formula is C16H27NO3. The van der Waals surface area contributed by atoms with E-state index < -0.39 is 0 Å². The van der Waals surface area contributed by atoms with Gasteiger partial charge in [-0.1, -0.05) is 12.8 Å². The number of rotatable bonds is 4. The van der Waals surface area contributed by atoms with E-state index in [1.165, 1.54) is 38.5 Å². The van der Waals surface area contributed by atoms with Gasteiger partial charge in [-0.25, -0.2) is 0 Å². The van der Waals surface area contributed by atoms with E-state index in [1.807, 2.05) is 4.90 Å². The zero-order valence-corrected chi connectivity index (χ0v) is 12.4. The van der Waals surface area contributed by atoms with Crippen molar-refractivity contribution in [1.29, 1.82) is 0 Å². The molecule has 20 heavy (non-hydrogen) atoms. The number of likely N-dealkylation sites (tertiary alicyclic amines) is 1. The largest absolute Gasteiger partial charge is 0.376 e. The lowest BCUT2D eigenvalue weighted by atomic mass is 9.86. The number of carbonyl (C=O) groups is 1. The van der Waals surface area contributed by atoms with Crippen LogP contribution in [-0.4, -0.2) is 49.8 Å². The summed E-state index contributed by atoms with van der Waals surface area (Å²) in [5.41, 5.74) is 0.460. The van der Waals surface area contributed by atoms with Crippen molar-refractivity contribution in [1.82, 2.24) is 4.90 Å². The molecule has 1 amide bonds. The third kappa shape index (κ3) is 3.34. The number of amides is 1. The molecule has 1 spiro atoms. The predicted molar refractivity (Wildman–Crippen MR) is 76.5 cm³/mol. The van der Waals surface area contributed by atoms with Crippen LogP contribution in [0.25, 0.3) is 0 Å². The van der Waals surface area contributed by atoms with Gasteiger partial charge in [0.2, 0.25) is 5.91 Å². The van der Waals surface area contributed by atoms with Crippen LogP contribution in [0.1, 0.15) is 51.4 Å². The van der Waals surface area contributed by atoms with E-state index >= 15 is 0 Å². The minimum absolute atomic E-state index is 0.171. The second kappa shape index (κ2) is 6.44. The van der Waals surface area contributed by atoms with Gasteiger partial charge >= 0.3 is 0 Å². The normalized spacial score (nSPS) is 29.2. The Morgan fingerprint density at radius 1 is 1.20 bits per heavy atom. The summed E-state index contributed by atoms with van der Waals surface area (Å²) >= 11 is 0. The summed E-state index contributed by atoms with van der Waals surface area (Å²) in [6, 6.07) is 0. The quantitative estimate of drug-likeness (QED) is 0.794. The third-order valence-corrected chi connectivity index (χ3v) is 5.26. The number of nitrogens with zero attached hydrogens (tertiary/aromatic N) is 1. The Hall–Kier alpha value is -0.610. The molecule has 0 aromatic rings. The minimum Gasteiger partial charge on any atom is -0.376 e. The first-order chi connectivity index (χ1) is 9.77.